The summed E-state index contributed by atoms with van der Waals surface area (Å²) in [4.78, 5) is 16.5. The molecule has 0 atom stereocenters. The van der Waals surface area contributed by atoms with Crippen molar-refractivity contribution in [3.8, 4) is 0 Å². The van der Waals surface area contributed by atoms with Crippen molar-refractivity contribution in [3.05, 3.63) is 51.2 Å². The molecule has 94 valence electrons. The molecule has 18 heavy (non-hydrogen) atoms. The highest BCUT2D eigenvalue weighted by atomic mass is 35.5. The first kappa shape index (κ1) is 13.1. The third-order valence-corrected chi connectivity index (χ3v) is 3.76. The molecule has 1 heterocycles. The van der Waals surface area contributed by atoms with Crippen LogP contribution < -0.4 is 4.80 Å². The summed E-state index contributed by atoms with van der Waals surface area (Å²) in [5.74, 6) is -0.118. The van der Waals surface area contributed by atoms with Crippen LogP contribution in [0, 0.1) is 0 Å². The van der Waals surface area contributed by atoms with Gasteiger partial charge < -0.3 is 4.57 Å². The van der Waals surface area contributed by atoms with Crippen molar-refractivity contribution in [2.24, 2.45) is 12.0 Å². The molecule has 0 N–H and O–H groups in total. The third-order valence-electron chi connectivity index (χ3n) is 2.55. The Morgan fingerprint density at radius 1 is 1.44 bits per heavy atom. The lowest BCUT2D eigenvalue weighted by Crippen LogP contribution is -2.12. The topological polar surface area (TPSA) is 34.4 Å². The van der Waals surface area contributed by atoms with E-state index < -0.39 is 0 Å². The second kappa shape index (κ2) is 5.98. The number of benzene rings is 1. The fourth-order valence-electron chi connectivity index (χ4n) is 1.54. The molecule has 0 spiro atoms. The van der Waals surface area contributed by atoms with E-state index in [9.17, 15) is 4.79 Å². The van der Waals surface area contributed by atoms with E-state index in [0.717, 1.165) is 10.4 Å². The number of aryl methyl sites for hydroxylation is 2. The van der Waals surface area contributed by atoms with E-state index in [2.05, 4.69) is 4.99 Å². The number of nitrogens with zero attached hydrogens (tertiary/aromatic N) is 2. The molecule has 0 saturated carbocycles. The molecule has 0 saturated heterocycles. The Morgan fingerprint density at radius 2 is 2.22 bits per heavy atom. The fourth-order valence-corrected chi connectivity index (χ4v) is 2.52. The minimum absolute atomic E-state index is 0.118. The van der Waals surface area contributed by atoms with Gasteiger partial charge in [0.2, 0.25) is 5.91 Å². The smallest absolute Gasteiger partial charge is 0.248 e. The molecule has 1 aromatic heterocycles. The second-order valence-corrected chi connectivity index (χ2v) is 5.17. The van der Waals surface area contributed by atoms with Crippen LogP contribution >= 0.6 is 22.9 Å². The van der Waals surface area contributed by atoms with Gasteiger partial charge in [-0.3, -0.25) is 4.79 Å². The van der Waals surface area contributed by atoms with Crippen LogP contribution in [-0.2, 0) is 18.3 Å². The van der Waals surface area contributed by atoms with E-state index >= 15 is 0 Å². The first-order valence-corrected chi connectivity index (χ1v) is 6.83. The van der Waals surface area contributed by atoms with Crippen molar-refractivity contribution in [2.75, 3.05) is 0 Å². The summed E-state index contributed by atoms with van der Waals surface area (Å²) in [6.07, 6.45) is 2.88. The molecule has 0 aliphatic rings. The zero-order valence-corrected chi connectivity index (χ0v) is 11.5. The molecule has 0 radical (unpaired) electrons. The standard InChI is InChI=1S/C13H13ClN2OS/c1-16-8-9-18-13(16)15-12(17)7-6-10-4-2-3-5-11(10)14/h2-5,8-9H,6-7H2,1H3. The number of amides is 1. The van der Waals surface area contributed by atoms with Gasteiger partial charge in [0.15, 0.2) is 4.80 Å². The zero-order chi connectivity index (χ0) is 13.0. The number of carbonyl (C=O) groups excluding carboxylic acids is 1. The quantitative estimate of drug-likeness (QED) is 0.851. The molecular weight excluding hydrogens is 268 g/mol. The predicted octanol–water partition coefficient (Wildman–Crippen LogP) is 2.80. The summed E-state index contributed by atoms with van der Waals surface area (Å²) in [5.41, 5.74) is 0.985. The minimum atomic E-state index is -0.118. The van der Waals surface area contributed by atoms with Gasteiger partial charge in [0.1, 0.15) is 0 Å². The summed E-state index contributed by atoms with van der Waals surface area (Å²) >= 11 is 7.48. The van der Waals surface area contributed by atoms with E-state index in [4.69, 9.17) is 11.6 Å². The van der Waals surface area contributed by atoms with Crippen LogP contribution in [-0.4, -0.2) is 10.5 Å². The highest BCUT2D eigenvalue weighted by molar-refractivity contribution is 7.07. The first-order chi connectivity index (χ1) is 8.66. The highest BCUT2D eigenvalue weighted by Crippen LogP contribution is 2.16. The van der Waals surface area contributed by atoms with Gasteiger partial charge >= 0.3 is 0 Å². The largest absolute Gasteiger partial charge is 0.327 e. The maximum absolute atomic E-state index is 11.7. The molecule has 1 amide bonds. The summed E-state index contributed by atoms with van der Waals surface area (Å²) in [5, 5.41) is 2.60. The third kappa shape index (κ3) is 3.31. The lowest BCUT2D eigenvalue weighted by molar-refractivity contribution is -0.118. The molecule has 0 unspecified atom stereocenters. The van der Waals surface area contributed by atoms with E-state index in [1.54, 1.807) is 0 Å². The number of halogens is 1. The van der Waals surface area contributed by atoms with Gasteiger partial charge in [0.25, 0.3) is 0 Å². The van der Waals surface area contributed by atoms with Gasteiger partial charge in [0.05, 0.1) is 0 Å². The van der Waals surface area contributed by atoms with Crippen LogP contribution in [0.15, 0.2) is 40.8 Å². The molecule has 1 aromatic carbocycles. The van der Waals surface area contributed by atoms with Crippen molar-refractivity contribution >= 4 is 28.8 Å². The molecule has 0 aliphatic heterocycles. The van der Waals surface area contributed by atoms with Crippen LogP contribution in [0.3, 0.4) is 0 Å². The molecule has 2 aromatic rings. The number of hydrogen-bond acceptors (Lipinski definition) is 2. The van der Waals surface area contributed by atoms with Gasteiger partial charge in [-0.05, 0) is 18.1 Å². The van der Waals surface area contributed by atoms with Crippen LogP contribution in [0.25, 0.3) is 0 Å². The van der Waals surface area contributed by atoms with Crippen molar-refractivity contribution < 1.29 is 4.79 Å². The lowest BCUT2D eigenvalue weighted by Gasteiger charge is -2.01. The molecule has 5 heteroatoms. The summed E-state index contributed by atoms with van der Waals surface area (Å²) in [6, 6.07) is 7.56. The van der Waals surface area contributed by atoms with Crippen molar-refractivity contribution in [3.63, 3.8) is 0 Å². The van der Waals surface area contributed by atoms with Crippen LogP contribution in [0.4, 0.5) is 0 Å². The predicted molar refractivity (Wildman–Crippen MR) is 73.6 cm³/mol. The Hall–Kier alpha value is -1.39. The molecule has 0 bridgehead atoms. The number of rotatable bonds is 3. The van der Waals surface area contributed by atoms with Gasteiger partial charge in [-0.15, -0.1) is 11.3 Å². The molecular formula is C13H13ClN2OS. The Labute approximate surface area is 114 Å². The summed E-state index contributed by atoms with van der Waals surface area (Å²) in [7, 11) is 1.87. The van der Waals surface area contributed by atoms with Crippen LogP contribution in [0.2, 0.25) is 5.02 Å². The van der Waals surface area contributed by atoms with Gasteiger partial charge in [0, 0.05) is 30.1 Å². The molecule has 2 rings (SSSR count). The SMILES string of the molecule is Cn1ccsc1=NC(=O)CCc1ccccc1Cl. The average molecular weight is 281 g/mol. The normalized spacial score (nSPS) is 11.8. The van der Waals surface area contributed by atoms with Crippen molar-refractivity contribution in [2.45, 2.75) is 12.8 Å². The monoisotopic (exact) mass is 280 g/mol. The Kier molecular flexibility index (Phi) is 4.33. The summed E-state index contributed by atoms with van der Waals surface area (Å²) < 4.78 is 1.83. The Morgan fingerprint density at radius 3 is 2.89 bits per heavy atom. The average Bonchev–Trinajstić information content (AvgIpc) is 2.74. The number of thiazole rings is 1. The van der Waals surface area contributed by atoms with Crippen molar-refractivity contribution in [1.29, 1.82) is 0 Å². The van der Waals surface area contributed by atoms with Crippen LogP contribution in [0.1, 0.15) is 12.0 Å². The summed E-state index contributed by atoms with van der Waals surface area (Å²) in [6.45, 7) is 0. The molecule has 3 nitrogen and oxygen atoms in total. The molecule has 0 fully saturated rings. The minimum Gasteiger partial charge on any atom is -0.327 e. The van der Waals surface area contributed by atoms with E-state index in [0.29, 0.717) is 17.9 Å². The second-order valence-electron chi connectivity index (χ2n) is 3.89. The van der Waals surface area contributed by atoms with Gasteiger partial charge in [-0.25, -0.2) is 0 Å². The Balaban J connectivity index is 2.02. The Bertz CT molecular complexity index is 615. The number of carbonyl (C=O) groups is 1. The van der Waals surface area contributed by atoms with Crippen molar-refractivity contribution in [1.82, 2.24) is 4.57 Å². The fraction of sp³-hybridized carbons (Fsp3) is 0.231. The zero-order valence-electron chi connectivity index (χ0n) is 9.97. The van der Waals surface area contributed by atoms with E-state index in [1.807, 2.05) is 47.5 Å². The molecule has 0 aliphatic carbocycles. The highest BCUT2D eigenvalue weighted by Gasteiger charge is 2.04. The van der Waals surface area contributed by atoms with E-state index in [-0.39, 0.29) is 5.91 Å². The van der Waals surface area contributed by atoms with Gasteiger partial charge in [-0.1, -0.05) is 29.8 Å². The van der Waals surface area contributed by atoms with E-state index in [1.165, 1.54) is 11.3 Å². The lowest BCUT2D eigenvalue weighted by atomic mass is 10.1. The maximum Gasteiger partial charge on any atom is 0.248 e. The first-order valence-electron chi connectivity index (χ1n) is 5.58. The van der Waals surface area contributed by atoms with Crippen LogP contribution in [0.5, 0.6) is 0 Å². The number of hydrogen-bond donors (Lipinski definition) is 0. The number of aromatic nitrogens is 1. The maximum atomic E-state index is 11.7. The van der Waals surface area contributed by atoms with Gasteiger partial charge in [-0.2, -0.15) is 4.99 Å².